The van der Waals surface area contributed by atoms with Gasteiger partial charge in [0.05, 0.1) is 9.85 Å². The third-order valence-corrected chi connectivity index (χ3v) is 5.87. The minimum Gasteiger partial charge on any atom is -0.493 e. The molecular formula is C18H21NO3. The molecule has 4 nitrogen and oxygen atoms in total. The van der Waals surface area contributed by atoms with E-state index in [0.29, 0.717) is 18.6 Å². The van der Waals surface area contributed by atoms with Gasteiger partial charge in [-0.1, -0.05) is 18.2 Å². The number of nitrogens with zero attached hydrogens (tertiary/aromatic N) is 1. The van der Waals surface area contributed by atoms with Crippen LogP contribution in [0.25, 0.3) is 0 Å². The number of likely N-dealkylation sites (N-methyl/N-ethyl adjacent to an activating group) is 1. The Bertz CT molecular complexity index is 846. The zero-order valence-corrected chi connectivity index (χ0v) is 12.7. The standard InChI is InChI=1S/C18H21NO3/c1-19-8-7-18-11-4-5-13(20)17(18)22-16-14(21-2)6-3-10(15(16)18)9-12(11)19/h3-6,11-13,17,20H,7-9H2,1-2H3/t11-,12+,13?,17?,18-/m0/s1/i3D,6D,11D,20D. The molecule has 116 valence electrons. The van der Waals surface area contributed by atoms with Crippen molar-refractivity contribution in [1.82, 2.24) is 4.90 Å². The van der Waals surface area contributed by atoms with Crippen molar-refractivity contribution in [1.29, 1.82) is 1.43 Å². The van der Waals surface area contributed by atoms with Gasteiger partial charge in [-0.2, -0.15) is 0 Å². The molecule has 2 unspecified atom stereocenters. The van der Waals surface area contributed by atoms with E-state index in [2.05, 4.69) is 4.90 Å². The predicted molar refractivity (Wildman–Crippen MR) is 82.5 cm³/mol. The van der Waals surface area contributed by atoms with Crippen molar-refractivity contribution in [2.45, 2.75) is 36.5 Å². The lowest BCUT2D eigenvalue weighted by molar-refractivity contribution is -0.0453. The first-order valence-corrected chi connectivity index (χ1v) is 7.79. The lowest BCUT2D eigenvalue weighted by Gasteiger charge is -2.56. The molecule has 5 rings (SSSR count). The Labute approximate surface area is 136 Å². The van der Waals surface area contributed by atoms with Gasteiger partial charge in [-0.3, -0.25) is 0 Å². The molecule has 22 heavy (non-hydrogen) atoms. The topological polar surface area (TPSA) is 41.9 Å². The quantitative estimate of drug-likeness (QED) is 0.841. The summed E-state index contributed by atoms with van der Waals surface area (Å²) in [4.78, 5) is 2.18. The van der Waals surface area contributed by atoms with Gasteiger partial charge < -0.3 is 19.5 Å². The molecule has 1 N–H and O–H groups in total. The number of hydrogen-bond acceptors (Lipinski definition) is 4. The molecule has 0 radical (unpaired) electrons. The monoisotopic (exact) mass is 303 g/mol. The minimum absolute atomic E-state index is 0.0193. The molecule has 2 aliphatic carbocycles. The van der Waals surface area contributed by atoms with E-state index in [1.165, 1.54) is 7.11 Å². The number of aliphatic hydroxyl groups excluding tert-OH is 1. The Morgan fingerprint density at radius 1 is 1.55 bits per heavy atom. The average molecular weight is 303 g/mol. The van der Waals surface area contributed by atoms with E-state index in [1.807, 2.05) is 13.1 Å². The largest absolute Gasteiger partial charge is 0.493 e. The zero-order valence-electron chi connectivity index (χ0n) is 16.7. The lowest BCUT2D eigenvalue weighted by atomic mass is 9.53. The number of piperidine rings is 1. The number of likely N-dealkylation sites (tertiary alicyclic amines) is 1. The lowest BCUT2D eigenvalue weighted by Crippen LogP contribution is -2.64. The summed E-state index contributed by atoms with van der Waals surface area (Å²) in [5, 5.41) is 4.95. The Morgan fingerprint density at radius 3 is 3.27 bits per heavy atom. The average Bonchev–Trinajstić information content (AvgIpc) is 2.95. The van der Waals surface area contributed by atoms with Gasteiger partial charge in [-0.25, -0.2) is 0 Å². The van der Waals surface area contributed by atoms with Crippen molar-refractivity contribution in [3.05, 3.63) is 35.4 Å². The SMILES string of the molecule is [2H]OC1C=C[C@@]2([2H])[C@H]3Cc4c([2H])c([2H])c(OC)c5c4[C@@]2(CCN3C)C1O5. The second-order valence-electron chi connectivity index (χ2n) is 6.71. The van der Waals surface area contributed by atoms with E-state index in [-0.39, 0.29) is 23.9 Å². The van der Waals surface area contributed by atoms with Gasteiger partial charge in [-0.15, -0.1) is 0 Å². The maximum atomic E-state index is 9.45. The molecule has 2 heterocycles. The third kappa shape index (κ3) is 1.28. The van der Waals surface area contributed by atoms with Crippen molar-refractivity contribution < 1.29 is 18.7 Å². The fourth-order valence-corrected chi connectivity index (χ4v) is 4.88. The number of rotatable bonds is 2. The highest BCUT2D eigenvalue weighted by molar-refractivity contribution is 5.62. The highest BCUT2D eigenvalue weighted by Crippen LogP contribution is 2.62. The molecule has 1 aromatic carbocycles. The van der Waals surface area contributed by atoms with E-state index >= 15 is 0 Å². The van der Waals surface area contributed by atoms with Crippen LogP contribution in [0, 0.1) is 5.89 Å². The second-order valence-corrected chi connectivity index (χ2v) is 6.71. The van der Waals surface area contributed by atoms with E-state index < -0.39 is 23.5 Å². The van der Waals surface area contributed by atoms with Gasteiger partial charge in [-0.05, 0) is 38.0 Å². The maximum Gasteiger partial charge on any atom is 0.211 e. The van der Waals surface area contributed by atoms with Gasteiger partial charge in [0.25, 0.3) is 0 Å². The van der Waals surface area contributed by atoms with Crippen LogP contribution in [-0.4, -0.2) is 50.4 Å². The minimum atomic E-state index is -0.932. The Hall–Kier alpha value is -1.52. The third-order valence-electron chi connectivity index (χ3n) is 5.87. The molecule has 5 atom stereocenters. The van der Waals surface area contributed by atoms with Gasteiger partial charge in [0.1, 0.15) is 12.2 Å². The van der Waals surface area contributed by atoms with Gasteiger partial charge in [0, 0.05) is 24.3 Å². The highest BCUT2D eigenvalue weighted by Gasteiger charge is 2.64. The van der Waals surface area contributed by atoms with Crippen molar-refractivity contribution in [2.75, 3.05) is 20.7 Å². The fourth-order valence-electron chi connectivity index (χ4n) is 4.88. The van der Waals surface area contributed by atoms with Crippen LogP contribution in [-0.2, 0) is 11.8 Å². The molecule has 1 spiro atoms. The Balaban J connectivity index is 1.90. The molecule has 4 heteroatoms. The van der Waals surface area contributed by atoms with E-state index in [9.17, 15) is 1.37 Å². The van der Waals surface area contributed by atoms with Crippen LogP contribution >= 0.6 is 0 Å². The van der Waals surface area contributed by atoms with Crippen molar-refractivity contribution in [2.24, 2.45) is 5.89 Å². The maximum absolute atomic E-state index is 9.45. The van der Waals surface area contributed by atoms with Crippen LogP contribution in [0.4, 0.5) is 0 Å². The summed E-state index contributed by atoms with van der Waals surface area (Å²) < 4.78 is 45.6. The summed E-state index contributed by atoms with van der Waals surface area (Å²) in [6.07, 6.45) is 3.73. The van der Waals surface area contributed by atoms with E-state index in [1.54, 1.807) is 6.08 Å². The van der Waals surface area contributed by atoms with Crippen molar-refractivity contribution >= 4 is 0 Å². The summed E-state index contributed by atoms with van der Waals surface area (Å²) in [5.41, 5.74) is 0.933. The van der Waals surface area contributed by atoms with Crippen LogP contribution in [0.2, 0.25) is 0 Å². The predicted octanol–water partition coefficient (Wildman–Crippen LogP) is 1.50. The smallest absolute Gasteiger partial charge is 0.211 e. The fraction of sp³-hybridized carbons (Fsp3) is 0.556. The first-order valence-electron chi connectivity index (χ1n) is 9.70. The summed E-state index contributed by atoms with van der Waals surface area (Å²) in [5.74, 6) is -0.210. The number of methoxy groups -OCH3 is 1. The van der Waals surface area contributed by atoms with E-state index in [4.69, 9.17) is 18.8 Å². The molecule has 1 saturated heterocycles. The van der Waals surface area contributed by atoms with Crippen LogP contribution in [0.5, 0.6) is 11.5 Å². The van der Waals surface area contributed by atoms with Crippen LogP contribution in [0.15, 0.2) is 24.2 Å². The van der Waals surface area contributed by atoms with Gasteiger partial charge in [0.2, 0.25) is 1.43 Å². The van der Waals surface area contributed by atoms with Crippen molar-refractivity contribution in [3.63, 3.8) is 0 Å². The van der Waals surface area contributed by atoms with Gasteiger partial charge in [0.15, 0.2) is 11.5 Å². The first-order chi connectivity index (χ1) is 12.4. The normalized spacial score (nSPS) is 46.9. The van der Waals surface area contributed by atoms with E-state index in [0.717, 1.165) is 17.7 Å². The first kappa shape index (κ1) is 9.58. The molecule has 0 amide bonds. The van der Waals surface area contributed by atoms with Crippen LogP contribution in [0.1, 0.15) is 21.7 Å². The molecular weight excluding hydrogens is 278 g/mol. The molecule has 1 aromatic rings. The summed E-state index contributed by atoms with van der Waals surface area (Å²) in [6.45, 7) is 0.806. The second kappa shape index (κ2) is 4.06. The molecule has 2 bridgehead atoms. The van der Waals surface area contributed by atoms with Crippen LogP contribution in [0.3, 0.4) is 0 Å². The van der Waals surface area contributed by atoms with Crippen molar-refractivity contribution in [3.8, 4) is 11.5 Å². The molecule has 0 aromatic heterocycles. The molecule has 4 aliphatic rings. The number of hydrogen-bond donors (Lipinski definition) is 1. The number of benzene rings is 1. The molecule has 1 fully saturated rings. The Morgan fingerprint density at radius 2 is 2.45 bits per heavy atom. The summed E-state index contributed by atoms with van der Waals surface area (Å²) >= 11 is 0. The zero-order chi connectivity index (χ0) is 18.4. The van der Waals surface area contributed by atoms with Crippen LogP contribution < -0.4 is 9.47 Å². The number of aliphatic hydroxyl groups is 1. The highest BCUT2D eigenvalue weighted by atomic mass is 16.5. The number of ether oxygens (including phenoxy) is 2. The molecule has 2 aliphatic heterocycles. The summed E-state index contributed by atoms with van der Waals surface area (Å²) in [6, 6.07) is 0.0657. The summed E-state index contributed by atoms with van der Waals surface area (Å²) in [7, 11) is 3.49. The van der Waals surface area contributed by atoms with Gasteiger partial charge >= 0.3 is 0 Å². The Kier molecular flexibility index (Phi) is 1.77. The molecule has 0 saturated carbocycles.